The van der Waals surface area contributed by atoms with Crippen LogP contribution in [-0.2, 0) is 0 Å². The molecule has 5 nitrogen and oxygen atoms in total. The molecule has 5 heterocycles. The van der Waals surface area contributed by atoms with Gasteiger partial charge in [-0.2, -0.15) is 0 Å². The number of allylic oxidation sites excluding steroid dienone is 12. The van der Waals surface area contributed by atoms with E-state index in [9.17, 15) is 4.79 Å². The largest absolute Gasteiger partial charge is 0.298 e. The van der Waals surface area contributed by atoms with Gasteiger partial charge in [0.05, 0.1) is 54.4 Å². The molecule has 5 aliphatic rings. The van der Waals surface area contributed by atoms with Crippen LogP contribution in [0.5, 0.6) is 0 Å². The molecule has 6 rings (SSSR count). The summed E-state index contributed by atoms with van der Waals surface area (Å²) in [5.74, 6) is 0. The van der Waals surface area contributed by atoms with Crippen LogP contribution in [-0.4, -0.2) is 29.1 Å². The van der Waals surface area contributed by atoms with Crippen LogP contribution < -0.4 is 0 Å². The van der Waals surface area contributed by atoms with E-state index in [2.05, 4.69) is 15.0 Å². The predicted octanol–water partition coefficient (Wildman–Crippen LogP) is 7.18. The zero-order chi connectivity index (χ0) is 25.0. The Morgan fingerprint density at radius 2 is 1.36 bits per heavy atom. The molecule has 0 saturated heterocycles. The van der Waals surface area contributed by atoms with Crippen LogP contribution in [0.1, 0.15) is 15.9 Å². The van der Waals surface area contributed by atoms with Gasteiger partial charge in [-0.25, -0.2) is 20.0 Å². The maximum absolute atomic E-state index is 11.8. The summed E-state index contributed by atoms with van der Waals surface area (Å²) in [6, 6.07) is 7.11. The molecular formula is C27H12Cl4N4O. The van der Waals surface area contributed by atoms with Crippen molar-refractivity contribution < 1.29 is 4.79 Å². The van der Waals surface area contributed by atoms with E-state index in [1.165, 1.54) is 0 Å². The van der Waals surface area contributed by atoms with Crippen molar-refractivity contribution in [2.75, 3.05) is 0 Å². The summed E-state index contributed by atoms with van der Waals surface area (Å²) in [6.45, 7) is 0. The van der Waals surface area contributed by atoms with Crippen LogP contribution in [0.15, 0.2) is 130 Å². The average Bonchev–Trinajstić information content (AvgIpc) is 3.64. The zero-order valence-electron chi connectivity index (χ0n) is 18.1. The third-order valence-corrected chi connectivity index (χ3v) is 7.35. The monoisotopic (exact) mass is 548 g/mol. The van der Waals surface area contributed by atoms with E-state index >= 15 is 0 Å². The van der Waals surface area contributed by atoms with Crippen molar-refractivity contribution in [1.29, 1.82) is 0 Å². The van der Waals surface area contributed by atoms with Crippen LogP contribution in [0, 0.1) is 0 Å². The van der Waals surface area contributed by atoms with Crippen LogP contribution in [0.2, 0.25) is 0 Å². The van der Waals surface area contributed by atoms with Crippen LogP contribution in [0.4, 0.5) is 0 Å². The molecule has 1 aromatic rings. The van der Waals surface area contributed by atoms with Crippen molar-refractivity contribution in [3.8, 4) is 0 Å². The molecule has 0 aromatic heterocycles. The topological polar surface area (TPSA) is 66.5 Å². The Hall–Kier alpha value is -3.35. The quantitative estimate of drug-likeness (QED) is 0.360. The number of hydrogen-bond acceptors (Lipinski definition) is 5. The first-order valence-corrected chi connectivity index (χ1v) is 12.2. The van der Waals surface area contributed by atoms with E-state index in [0.29, 0.717) is 39.5 Å². The fourth-order valence-corrected chi connectivity index (χ4v) is 5.25. The van der Waals surface area contributed by atoms with Gasteiger partial charge in [0.25, 0.3) is 0 Å². The summed E-state index contributed by atoms with van der Waals surface area (Å²) in [5.41, 5.74) is 5.82. The second-order valence-corrected chi connectivity index (χ2v) is 9.56. The highest BCUT2D eigenvalue weighted by Crippen LogP contribution is 2.43. The number of fused-ring (bicyclic) bond motifs is 4. The van der Waals surface area contributed by atoms with Crippen molar-refractivity contribution in [1.82, 2.24) is 0 Å². The SMILES string of the molecule is O=Cc1ccccc1C1=C(Cl)C2=C(Cl)C3=NC(=CC4=NC(=CC5=NC(=CC1=N2)C=C5)C=C4)C(Cl)=C3Cl. The molecule has 9 heteroatoms. The molecule has 0 radical (unpaired) electrons. The van der Waals surface area contributed by atoms with Gasteiger partial charge in [0, 0.05) is 11.1 Å². The highest BCUT2D eigenvalue weighted by Gasteiger charge is 2.31. The summed E-state index contributed by atoms with van der Waals surface area (Å²) in [7, 11) is 0. The third-order valence-electron chi connectivity index (χ3n) is 5.78. The van der Waals surface area contributed by atoms with E-state index in [-0.39, 0.29) is 31.5 Å². The van der Waals surface area contributed by atoms with Gasteiger partial charge in [-0.05, 0) is 48.1 Å². The first-order chi connectivity index (χ1) is 17.4. The maximum atomic E-state index is 11.8. The minimum absolute atomic E-state index is 0.128. The smallest absolute Gasteiger partial charge is 0.150 e. The number of halogens is 4. The molecule has 174 valence electrons. The highest BCUT2D eigenvalue weighted by molar-refractivity contribution is 6.61. The van der Waals surface area contributed by atoms with Crippen LogP contribution in [0.25, 0.3) is 5.57 Å². The Labute approximate surface area is 226 Å². The first-order valence-electron chi connectivity index (χ1n) is 10.7. The van der Waals surface area contributed by atoms with Crippen LogP contribution >= 0.6 is 46.4 Å². The fourth-order valence-electron chi connectivity index (χ4n) is 4.12. The normalized spacial score (nSPS) is 20.4. The van der Waals surface area contributed by atoms with Crippen molar-refractivity contribution in [3.63, 3.8) is 0 Å². The number of hydrogen-bond donors (Lipinski definition) is 0. The summed E-state index contributed by atoms with van der Waals surface area (Å²) < 4.78 is 0. The molecule has 36 heavy (non-hydrogen) atoms. The molecule has 0 atom stereocenters. The van der Waals surface area contributed by atoms with E-state index in [1.807, 2.05) is 36.4 Å². The molecule has 1 aromatic carbocycles. The van der Waals surface area contributed by atoms with Gasteiger partial charge in [-0.1, -0.05) is 70.7 Å². The summed E-state index contributed by atoms with van der Waals surface area (Å²) >= 11 is 26.7. The molecule has 8 bridgehead atoms. The number of carbonyl (C=O) groups excluding carboxylic acids is 1. The van der Waals surface area contributed by atoms with Crippen molar-refractivity contribution >= 4 is 81.1 Å². The molecule has 0 spiro atoms. The fraction of sp³-hybridized carbons (Fsp3) is 0. The Kier molecular flexibility index (Phi) is 5.73. The lowest BCUT2D eigenvalue weighted by molar-refractivity contribution is 0.112. The Balaban J connectivity index is 1.63. The Morgan fingerprint density at radius 1 is 0.667 bits per heavy atom. The number of carbonyl (C=O) groups is 1. The predicted molar refractivity (Wildman–Crippen MR) is 148 cm³/mol. The van der Waals surface area contributed by atoms with Gasteiger partial charge < -0.3 is 0 Å². The first kappa shape index (κ1) is 23.1. The number of benzene rings is 1. The number of aldehydes is 1. The number of nitrogens with zero attached hydrogens (tertiary/aromatic N) is 4. The third kappa shape index (κ3) is 3.85. The van der Waals surface area contributed by atoms with Gasteiger partial charge >= 0.3 is 0 Å². The molecule has 0 amide bonds. The van der Waals surface area contributed by atoms with Gasteiger partial charge in [0.1, 0.15) is 11.4 Å². The summed E-state index contributed by atoms with van der Waals surface area (Å²) in [4.78, 5) is 30.4. The molecule has 0 fully saturated rings. The van der Waals surface area contributed by atoms with E-state index in [0.717, 1.165) is 17.7 Å². The highest BCUT2D eigenvalue weighted by atomic mass is 35.5. The Bertz CT molecular complexity index is 1670. The lowest BCUT2D eigenvalue weighted by atomic mass is 9.96. The molecule has 0 N–H and O–H groups in total. The summed E-state index contributed by atoms with van der Waals surface area (Å²) in [6.07, 6.45) is 13.6. The minimum atomic E-state index is 0.128. The standard InChI is InChI=1S/C27H12Cl4N4O/c28-22-20-11-17-8-6-15(33-17)9-14-5-7-16(32-14)10-19-21(18-4-2-1-3-13(18)12-36)23(29)26(34-19)25(31)27(35-20)24(22)30/h1-12H. The minimum Gasteiger partial charge on any atom is -0.298 e. The van der Waals surface area contributed by atoms with Gasteiger partial charge in [0.15, 0.2) is 6.29 Å². The van der Waals surface area contributed by atoms with E-state index < -0.39 is 0 Å². The van der Waals surface area contributed by atoms with Crippen molar-refractivity contribution in [2.24, 2.45) is 20.0 Å². The molecule has 5 aliphatic heterocycles. The number of aliphatic imine (C=N–C) groups is 4. The van der Waals surface area contributed by atoms with Gasteiger partial charge in [-0.3, -0.25) is 4.79 Å². The van der Waals surface area contributed by atoms with E-state index in [4.69, 9.17) is 51.4 Å². The Morgan fingerprint density at radius 3 is 2.11 bits per heavy atom. The second-order valence-electron chi connectivity index (χ2n) is 8.05. The summed E-state index contributed by atoms with van der Waals surface area (Å²) in [5, 5.41) is 0.803. The van der Waals surface area contributed by atoms with Gasteiger partial charge in [-0.15, -0.1) is 0 Å². The second kappa shape index (κ2) is 8.95. The average molecular weight is 550 g/mol. The molecule has 0 unspecified atom stereocenters. The maximum Gasteiger partial charge on any atom is 0.150 e. The molecular weight excluding hydrogens is 538 g/mol. The lowest BCUT2D eigenvalue weighted by Gasteiger charge is -2.08. The van der Waals surface area contributed by atoms with E-state index in [1.54, 1.807) is 30.4 Å². The number of rotatable bonds is 2. The van der Waals surface area contributed by atoms with Crippen molar-refractivity contribution in [3.05, 3.63) is 121 Å². The van der Waals surface area contributed by atoms with Gasteiger partial charge in [0.2, 0.25) is 0 Å². The molecule has 0 saturated carbocycles. The zero-order valence-corrected chi connectivity index (χ0v) is 21.2. The van der Waals surface area contributed by atoms with Crippen molar-refractivity contribution in [2.45, 2.75) is 0 Å². The lowest BCUT2D eigenvalue weighted by Crippen LogP contribution is -2.00. The molecule has 0 aliphatic carbocycles. The van der Waals surface area contributed by atoms with Crippen LogP contribution in [0.3, 0.4) is 0 Å².